The molecule has 1 atom stereocenters. The molecule has 1 aliphatic heterocycles. The van der Waals surface area contributed by atoms with Gasteiger partial charge in [0.05, 0.1) is 17.5 Å². The second kappa shape index (κ2) is 7.35. The van der Waals surface area contributed by atoms with Gasteiger partial charge in [-0.25, -0.2) is 9.36 Å². The number of likely N-dealkylation sites (tertiary alicyclic amines) is 1. The molecule has 27 heavy (non-hydrogen) atoms. The highest BCUT2D eigenvalue weighted by molar-refractivity contribution is 7.99. The van der Waals surface area contributed by atoms with Crippen molar-refractivity contribution >= 4 is 29.0 Å². The Morgan fingerprint density at radius 2 is 2.26 bits per heavy atom. The molecule has 1 aliphatic rings. The van der Waals surface area contributed by atoms with E-state index in [2.05, 4.69) is 26.7 Å². The molecular formula is C17H21N7OS2. The lowest BCUT2D eigenvalue weighted by molar-refractivity contribution is -0.129. The van der Waals surface area contributed by atoms with Crippen LogP contribution in [0.2, 0.25) is 0 Å². The summed E-state index contributed by atoms with van der Waals surface area (Å²) in [6.45, 7) is 4.65. The number of hydrogen-bond acceptors (Lipinski definition) is 7. The predicted octanol–water partition coefficient (Wildman–Crippen LogP) is 2.31. The summed E-state index contributed by atoms with van der Waals surface area (Å²) in [5.74, 6) is 6.97. The Labute approximate surface area is 165 Å². The van der Waals surface area contributed by atoms with Gasteiger partial charge >= 0.3 is 0 Å². The van der Waals surface area contributed by atoms with E-state index in [9.17, 15) is 4.79 Å². The molecule has 1 amide bonds. The average Bonchev–Trinajstić information content (AvgIpc) is 3.40. The molecule has 0 saturated carbocycles. The highest BCUT2D eigenvalue weighted by atomic mass is 32.2. The van der Waals surface area contributed by atoms with Crippen LogP contribution in [-0.2, 0) is 4.79 Å². The number of aryl methyl sites for hydroxylation is 2. The van der Waals surface area contributed by atoms with Crippen LogP contribution in [-0.4, -0.2) is 47.8 Å². The van der Waals surface area contributed by atoms with E-state index in [1.54, 1.807) is 16.0 Å². The zero-order valence-corrected chi connectivity index (χ0v) is 16.8. The van der Waals surface area contributed by atoms with E-state index in [0.29, 0.717) is 11.1 Å². The lowest BCUT2D eigenvalue weighted by atomic mass is 10.2. The summed E-state index contributed by atoms with van der Waals surface area (Å²) in [5.41, 5.74) is 1.81. The molecule has 142 valence electrons. The van der Waals surface area contributed by atoms with Gasteiger partial charge in [-0.3, -0.25) is 4.79 Å². The zero-order valence-electron chi connectivity index (χ0n) is 15.2. The van der Waals surface area contributed by atoms with Gasteiger partial charge in [0, 0.05) is 17.1 Å². The van der Waals surface area contributed by atoms with Gasteiger partial charge in [0.15, 0.2) is 0 Å². The maximum absolute atomic E-state index is 12.8. The Morgan fingerprint density at radius 1 is 1.41 bits per heavy atom. The number of nitrogens with zero attached hydrogens (tertiary/aromatic N) is 6. The summed E-state index contributed by atoms with van der Waals surface area (Å²) in [7, 11) is 0. The van der Waals surface area contributed by atoms with Crippen molar-refractivity contribution in [3.63, 3.8) is 0 Å². The van der Waals surface area contributed by atoms with Gasteiger partial charge in [-0.2, -0.15) is 5.10 Å². The number of nitrogens with two attached hydrogens (primary N) is 1. The quantitative estimate of drug-likeness (QED) is 0.519. The van der Waals surface area contributed by atoms with Crippen molar-refractivity contribution < 1.29 is 4.79 Å². The molecule has 4 heterocycles. The fourth-order valence-electron chi connectivity index (χ4n) is 3.39. The Hall–Kier alpha value is -2.33. The molecule has 10 heteroatoms. The van der Waals surface area contributed by atoms with Crippen LogP contribution in [0.4, 0.5) is 0 Å². The van der Waals surface area contributed by atoms with Crippen molar-refractivity contribution in [3.8, 4) is 5.95 Å². The Bertz CT molecular complexity index is 947. The van der Waals surface area contributed by atoms with Gasteiger partial charge < -0.3 is 10.7 Å². The Morgan fingerprint density at radius 3 is 2.96 bits per heavy atom. The summed E-state index contributed by atoms with van der Waals surface area (Å²) < 4.78 is 3.04. The van der Waals surface area contributed by atoms with Gasteiger partial charge in [-0.05, 0) is 44.2 Å². The molecule has 4 rings (SSSR count). The van der Waals surface area contributed by atoms with Crippen molar-refractivity contribution in [1.82, 2.24) is 29.6 Å². The first-order valence-corrected chi connectivity index (χ1v) is 10.6. The Kier molecular flexibility index (Phi) is 4.92. The van der Waals surface area contributed by atoms with Crippen LogP contribution in [0, 0.1) is 13.8 Å². The highest BCUT2D eigenvalue weighted by Crippen LogP contribution is 2.35. The van der Waals surface area contributed by atoms with E-state index in [0.717, 1.165) is 30.8 Å². The maximum atomic E-state index is 12.8. The summed E-state index contributed by atoms with van der Waals surface area (Å²) in [6, 6.07) is 6.28. The SMILES string of the molecule is Cc1cc(C)n(-c2nnc(SCC(=O)N3CCCC3c3cccs3)n2N)n1. The van der Waals surface area contributed by atoms with Crippen LogP contribution in [0.1, 0.15) is 35.1 Å². The smallest absolute Gasteiger partial charge is 0.271 e. The first kappa shape index (κ1) is 18.1. The van der Waals surface area contributed by atoms with Gasteiger partial charge in [0.2, 0.25) is 11.1 Å². The molecule has 0 aliphatic carbocycles. The molecule has 0 aromatic carbocycles. The first-order valence-electron chi connectivity index (χ1n) is 8.74. The van der Waals surface area contributed by atoms with Crippen LogP contribution < -0.4 is 5.84 Å². The average molecular weight is 404 g/mol. The number of nitrogen functional groups attached to an aromatic ring is 1. The molecule has 2 N–H and O–H groups in total. The van der Waals surface area contributed by atoms with Gasteiger partial charge in [-0.1, -0.05) is 17.8 Å². The summed E-state index contributed by atoms with van der Waals surface area (Å²) >= 11 is 3.01. The molecule has 8 nitrogen and oxygen atoms in total. The van der Waals surface area contributed by atoms with Crippen molar-refractivity contribution in [3.05, 3.63) is 39.8 Å². The van der Waals surface area contributed by atoms with E-state index in [1.807, 2.05) is 30.9 Å². The molecule has 3 aromatic rings. The van der Waals surface area contributed by atoms with Crippen LogP contribution in [0.5, 0.6) is 0 Å². The van der Waals surface area contributed by atoms with Gasteiger partial charge in [0.1, 0.15) is 0 Å². The van der Waals surface area contributed by atoms with Gasteiger partial charge in [0.25, 0.3) is 5.95 Å². The summed E-state index contributed by atoms with van der Waals surface area (Å²) in [4.78, 5) is 16.0. The number of thiophene rings is 1. The number of aromatic nitrogens is 5. The van der Waals surface area contributed by atoms with E-state index < -0.39 is 0 Å². The minimum absolute atomic E-state index is 0.103. The van der Waals surface area contributed by atoms with E-state index in [1.165, 1.54) is 21.3 Å². The number of carbonyl (C=O) groups excluding carboxylic acids is 1. The number of hydrogen-bond donors (Lipinski definition) is 1. The summed E-state index contributed by atoms with van der Waals surface area (Å²) in [6.07, 6.45) is 2.06. The molecule has 1 unspecified atom stereocenters. The van der Waals surface area contributed by atoms with Crippen LogP contribution in [0.25, 0.3) is 5.95 Å². The van der Waals surface area contributed by atoms with E-state index >= 15 is 0 Å². The van der Waals surface area contributed by atoms with Crippen molar-refractivity contribution in [2.45, 2.75) is 37.9 Å². The molecule has 0 radical (unpaired) electrons. The van der Waals surface area contributed by atoms with Crippen molar-refractivity contribution in [2.75, 3.05) is 18.1 Å². The largest absolute Gasteiger partial charge is 0.334 e. The Balaban J connectivity index is 1.45. The minimum atomic E-state index is 0.103. The summed E-state index contributed by atoms with van der Waals surface area (Å²) in [5, 5.41) is 15.2. The van der Waals surface area contributed by atoms with E-state index in [-0.39, 0.29) is 17.7 Å². The number of rotatable bonds is 5. The third kappa shape index (κ3) is 3.46. The fourth-order valence-corrected chi connectivity index (χ4v) is 5.01. The first-order chi connectivity index (χ1) is 13.0. The number of thioether (sulfide) groups is 1. The molecular weight excluding hydrogens is 382 g/mol. The zero-order chi connectivity index (χ0) is 19.0. The second-order valence-corrected chi connectivity index (χ2v) is 8.46. The van der Waals surface area contributed by atoms with Crippen LogP contribution in [0.15, 0.2) is 28.7 Å². The monoisotopic (exact) mass is 403 g/mol. The van der Waals surface area contributed by atoms with Crippen molar-refractivity contribution in [2.24, 2.45) is 0 Å². The highest BCUT2D eigenvalue weighted by Gasteiger charge is 2.30. The van der Waals surface area contributed by atoms with Crippen LogP contribution in [0.3, 0.4) is 0 Å². The van der Waals surface area contributed by atoms with E-state index in [4.69, 9.17) is 5.84 Å². The predicted molar refractivity (Wildman–Crippen MR) is 105 cm³/mol. The normalized spacial score (nSPS) is 17.0. The van der Waals surface area contributed by atoms with Crippen LogP contribution >= 0.6 is 23.1 Å². The second-order valence-electron chi connectivity index (χ2n) is 6.54. The minimum Gasteiger partial charge on any atom is -0.334 e. The molecule has 3 aromatic heterocycles. The molecule has 0 spiro atoms. The third-order valence-electron chi connectivity index (χ3n) is 4.62. The van der Waals surface area contributed by atoms with Crippen molar-refractivity contribution in [1.29, 1.82) is 0 Å². The van der Waals surface area contributed by atoms with Gasteiger partial charge in [-0.15, -0.1) is 21.5 Å². The molecule has 1 fully saturated rings. The lowest BCUT2D eigenvalue weighted by Gasteiger charge is -2.23. The standard InChI is InChI=1S/C17H21N7OS2/c1-11-9-12(2)24(21-11)16-19-20-17(23(16)18)27-10-15(25)22-7-3-5-13(22)14-6-4-8-26-14/h4,6,8-9,13H,3,5,7,10,18H2,1-2H3. The fraction of sp³-hybridized carbons (Fsp3) is 0.412. The number of carbonyl (C=O) groups is 1. The molecule has 0 bridgehead atoms. The molecule has 1 saturated heterocycles. The topological polar surface area (TPSA) is 94.9 Å². The maximum Gasteiger partial charge on any atom is 0.271 e. The number of amides is 1. The lowest BCUT2D eigenvalue weighted by Crippen LogP contribution is -2.31. The third-order valence-corrected chi connectivity index (χ3v) is 6.52.